The van der Waals surface area contributed by atoms with Crippen LogP contribution in [0.3, 0.4) is 0 Å². The van der Waals surface area contributed by atoms with E-state index < -0.39 is 18.4 Å². The van der Waals surface area contributed by atoms with Gasteiger partial charge in [0.15, 0.2) is 11.4 Å². The Labute approximate surface area is 125 Å². The summed E-state index contributed by atoms with van der Waals surface area (Å²) in [5.41, 5.74) is -0.161. The first-order valence-electron chi connectivity index (χ1n) is 6.29. The van der Waals surface area contributed by atoms with Crippen LogP contribution < -0.4 is 5.32 Å². The largest absolute Gasteiger partial charge is 0.505 e. The van der Waals surface area contributed by atoms with Gasteiger partial charge >= 0.3 is 5.97 Å². The number of benzene rings is 1. The first-order valence-corrected chi connectivity index (χ1v) is 7.27. The maximum atomic E-state index is 12.0. The second-order valence-electron chi connectivity index (χ2n) is 4.17. The van der Waals surface area contributed by atoms with Crippen LogP contribution in [0.25, 0.3) is 10.8 Å². The van der Waals surface area contributed by atoms with Gasteiger partial charge in [0, 0.05) is 10.8 Å². The van der Waals surface area contributed by atoms with E-state index in [-0.39, 0.29) is 11.4 Å². The SMILES string of the molecule is CCSc1nc(C(=O)NCC(=O)O)c(O)c2ccccc12. The van der Waals surface area contributed by atoms with Crippen molar-refractivity contribution in [2.45, 2.75) is 11.9 Å². The number of hydrogen-bond donors (Lipinski definition) is 3. The van der Waals surface area contributed by atoms with Crippen LogP contribution in [-0.4, -0.2) is 39.4 Å². The van der Waals surface area contributed by atoms with Gasteiger partial charge in [-0.25, -0.2) is 4.98 Å². The third kappa shape index (κ3) is 3.25. The van der Waals surface area contributed by atoms with Crippen molar-refractivity contribution in [3.8, 4) is 5.75 Å². The number of rotatable bonds is 5. The molecule has 0 atom stereocenters. The van der Waals surface area contributed by atoms with Gasteiger partial charge in [-0.15, -0.1) is 11.8 Å². The molecule has 0 saturated carbocycles. The minimum absolute atomic E-state index is 0.161. The predicted octanol–water partition coefficient (Wildman–Crippen LogP) is 1.87. The minimum atomic E-state index is -1.16. The number of aromatic hydroxyl groups is 1. The Hall–Kier alpha value is -2.28. The number of carbonyl (C=O) groups excluding carboxylic acids is 1. The molecule has 21 heavy (non-hydrogen) atoms. The molecule has 0 spiro atoms. The van der Waals surface area contributed by atoms with E-state index in [2.05, 4.69) is 10.3 Å². The highest BCUT2D eigenvalue weighted by atomic mass is 32.2. The van der Waals surface area contributed by atoms with Gasteiger partial charge in [-0.2, -0.15) is 0 Å². The van der Waals surface area contributed by atoms with Gasteiger partial charge in [0.25, 0.3) is 5.91 Å². The highest BCUT2D eigenvalue weighted by Crippen LogP contribution is 2.33. The van der Waals surface area contributed by atoms with Crippen LogP contribution in [0.5, 0.6) is 5.75 Å². The summed E-state index contributed by atoms with van der Waals surface area (Å²) in [5.74, 6) is -1.35. The van der Waals surface area contributed by atoms with Gasteiger partial charge in [-0.1, -0.05) is 31.2 Å². The van der Waals surface area contributed by atoms with Crippen LogP contribution in [0, 0.1) is 0 Å². The summed E-state index contributed by atoms with van der Waals surface area (Å²) in [4.78, 5) is 26.6. The summed E-state index contributed by atoms with van der Waals surface area (Å²) in [6.45, 7) is 1.43. The second-order valence-corrected chi connectivity index (χ2v) is 5.42. The first kappa shape index (κ1) is 15.1. The molecule has 0 aliphatic heterocycles. The summed E-state index contributed by atoms with van der Waals surface area (Å²) in [5, 5.41) is 22.9. The van der Waals surface area contributed by atoms with Crippen LogP contribution in [0.4, 0.5) is 0 Å². The standard InChI is InChI=1S/C14H14N2O4S/c1-2-21-14-9-6-4-3-5-8(9)12(19)11(16-14)13(20)15-7-10(17)18/h3-6,19H,2,7H2,1H3,(H,15,20)(H,17,18). The molecular weight excluding hydrogens is 292 g/mol. The highest BCUT2D eigenvalue weighted by Gasteiger charge is 2.19. The van der Waals surface area contributed by atoms with E-state index >= 15 is 0 Å². The van der Waals surface area contributed by atoms with E-state index in [1.165, 1.54) is 11.8 Å². The second kappa shape index (κ2) is 6.45. The Morgan fingerprint density at radius 3 is 2.57 bits per heavy atom. The van der Waals surface area contributed by atoms with Crippen molar-refractivity contribution in [2.24, 2.45) is 0 Å². The van der Waals surface area contributed by atoms with Crippen LogP contribution in [0.15, 0.2) is 29.3 Å². The Bertz CT molecular complexity index is 703. The zero-order chi connectivity index (χ0) is 15.4. The molecule has 1 heterocycles. The minimum Gasteiger partial charge on any atom is -0.505 e. The fraction of sp³-hybridized carbons (Fsp3) is 0.214. The zero-order valence-corrected chi connectivity index (χ0v) is 12.1. The van der Waals surface area contributed by atoms with Crippen molar-refractivity contribution >= 4 is 34.4 Å². The van der Waals surface area contributed by atoms with Crippen molar-refractivity contribution in [3.05, 3.63) is 30.0 Å². The van der Waals surface area contributed by atoms with Crippen LogP contribution in [-0.2, 0) is 4.79 Å². The van der Waals surface area contributed by atoms with Crippen LogP contribution in [0.1, 0.15) is 17.4 Å². The monoisotopic (exact) mass is 306 g/mol. The lowest BCUT2D eigenvalue weighted by atomic mass is 10.1. The summed E-state index contributed by atoms with van der Waals surface area (Å²) >= 11 is 1.45. The number of pyridine rings is 1. The molecule has 3 N–H and O–H groups in total. The average molecular weight is 306 g/mol. The summed E-state index contributed by atoms with van der Waals surface area (Å²) in [6.07, 6.45) is 0. The van der Waals surface area contributed by atoms with Gasteiger partial charge in [0.05, 0.1) is 0 Å². The number of thioether (sulfide) groups is 1. The molecule has 1 aromatic carbocycles. The number of aromatic nitrogens is 1. The molecule has 2 rings (SSSR count). The number of carbonyl (C=O) groups is 2. The van der Waals surface area contributed by atoms with Crippen molar-refractivity contribution in [3.63, 3.8) is 0 Å². The number of nitrogens with one attached hydrogen (secondary N) is 1. The van der Waals surface area contributed by atoms with E-state index in [4.69, 9.17) is 5.11 Å². The fourth-order valence-electron chi connectivity index (χ4n) is 1.86. The van der Waals surface area contributed by atoms with Crippen molar-refractivity contribution in [1.29, 1.82) is 0 Å². The lowest BCUT2D eigenvalue weighted by Gasteiger charge is -2.11. The Kier molecular flexibility index (Phi) is 4.64. The molecule has 0 aliphatic carbocycles. The smallest absolute Gasteiger partial charge is 0.322 e. The average Bonchev–Trinajstić information content (AvgIpc) is 2.48. The molecule has 6 nitrogen and oxygen atoms in total. The molecular formula is C14H14N2O4S. The lowest BCUT2D eigenvalue weighted by molar-refractivity contribution is -0.135. The van der Waals surface area contributed by atoms with Crippen molar-refractivity contribution in [1.82, 2.24) is 10.3 Å². The van der Waals surface area contributed by atoms with Crippen LogP contribution in [0.2, 0.25) is 0 Å². The van der Waals surface area contributed by atoms with E-state index in [0.717, 1.165) is 11.1 Å². The predicted molar refractivity (Wildman–Crippen MR) is 79.8 cm³/mol. The number of nitrogens with zero attached hydrogens (tertiary/aromatic N) is 1. The number of amides is 1. The van der Waals surface area contributed by atoms with E-state index in [0.29, 0.717) is 10.4 Å². The fourth-order valence-corrected chi connectivity index (χ4v) is 2.63. The van der Waals surface area contributed by atoms with Crippen molar-refractivity contribution in [2.75, 3.05) is 12.3 Å². The third-order valence-corrected chi connectivity index (χ3v) is 3.62. The van der Waals surface area contributed by atoms with E-state index in [1.54, 1.807) is 12.1 Å². The quantitative estimate of drug-likeness (QED) is 0.729. The van der Waals surface area contributed by atoms with Gasteiger partial charge in [0.2, 0.25) is 0 Å². The maximum absolute atomic E-state index is 12.0. The number of hydrogen-bond acceptors (Lipinski definition) is 5. The molecule has 0 bridgehead atoms. The molecule has 0 unspecified atom stereocenters. The molecule has 1 aromatic heterocycles. The molecule has 0 saturated heterocycles. The highest BCUT2D eigenvalue weighted by molar-refractivity contribution is 7.99. The van der Waals surface area contributed by atoms with E-state index in [1.807, 2.05) is 19.1 Å². The van der Waals surface area contributed by atoms with E-state index in [9.17, 15) is 14.7 Å². The number of carboxylic acid groups (broad SMARTS) is 1. The Morgan fingerprint density at radius 2 is 1.95 bits per heavy atom. The molecule has 2 aromatic rings. The third-order valence-electron chi connectivity index (χ3n) is 2.75. The van der Waals surface area contributed by atoms with Gasteiger partial charge < -0.3 is 15.5 Å². The normalized spacial score (nSPS) is 10.5. The van der Waals surface area contributed by atoms with Crippen LogP contribution >= 0.6 is 11.8 Å². The molecule has 0 radical (unpaired) electrons. The number of fused-ring (bicyclic) bond motifs is 1. The molecule has 0 aliphatic rings. The molecule has 110 valence electrons. The molecule has 0 fully saturated rings. The molecule has 7 heteroatoms. The number of carboxylic acids is 1. The summed E-state index contributed by atoms with van der Waals surface area (Å²) < 4.78 is 0. The topological polar surface area (TPSA) is 99.5 Å². The summed E-state index contributed by atoms with van der Waals surface area (Å²) in [6, 6.07) is 7.09. The Balaban J connectivity index is 2.51. The number of aliphatic carboxylic acids is 1. The summed E-state index contributed by atoms with van der Waals surface area (Å²) in [7, 11) is 0. The first-order chi connectivity index (χ1) is 10.0. The molecule has 1 amide bonds. The zero-order valence-electron chi connectivity index (χ0n) is 11.3. The Morgan fingerprint density at radius 1 is 1.29 bits per heavy atom. The van der Waals surface area contributed by atoms with Gasteiger partial charge in [-0.3, -0.25) is 9.59 Å². The van der Waals surface area contributed by atoms with Gasteiger partial charge in [0.1, 0.15) is 11.6 Å². The lowest BCUT2D eigenvalue weighted by Crippen LogP contribution is -2.30. The maximum Gasteiger partial charge on any atom is 0.322 e. The van der Waals surface area contributed by atoms with Gasteiger partial charge in [-0.05, 0) is 5.75 Å². The van der Waals surface area contributed by atoms with Crippen molar-refractivity contribution < 1.29 is 19.8 Å².